The predicted molar refractivity (Wildman–Crippen MR) is 73.9 cm³/mol. The number of rotatable bonds is 3. The van der Waals surface area contributed by atoms with Gasteiger partial charge in [0.2, 0.25) is 5.95 Å². The van der Waals surface area contributed by atoms with Crippen LogP contribution >= 0.6 is 0 Å². The average Bonchev–Trinajstić information content (AvgIpc) is 2.95. The fourth-order valence-corrected chi connectivity index (χ4v) is 1.88. The number of anilines is 3. The van der Waals surface area contributed by atoms with Crippen LogP contribution in [0.15, 0.2) is 18.3 Å². The Morgan fingerprint density at radius 1 is 1.24 bits per heavy atom. The lowest BCUT2D eigenvalue weighted by Gasteiger charge is -2.11. The molecule has 5 N–H and O–H groups in total. The van der Waals surface area contributed by atoms with E-state index in [-0.39, 0.29) is 17.5 Å². The lowest BCUT2D eigenvalue weighted by atomic mass is 10.2. The van der Waals surface area contributed by atoms with E-state index in [1.807, 2.05) is 0 Å². The van der Waals surface area contributed by atoms with Crippen LogP contribution in [-0.2, 0) is 0 Å². The number of nitrogen functional groups attached to an aromatic ring is 1. The summed E-state index contributed by atoms with van der Waals surface area (Å²) in [5.41, 5.74) is 2.68. The number of hydrogen-bond acceptors (Lipinski definition) is 6. The zero-order valence-electron chi connectivity index (χ0n) is 10.9. The number of benzene rings is 1. The molecule has 21 heavy (non-hydrogen) atoms. The Morgan fingerprint density at radius 3 is 2.81 bits per heavy atom. The van der Waals surface area contributed by atoms with Gasteiger partial charge in [-0.15, -0.1) is 0 Å². The van der Waals surface area contributed by atoms with Gasteiger partial charge in [-0.1, -0.05) is 6.07 Å². The van der Waals surface area contributed by atoms with E-state index in [0.29, 0.717) is 16.6 Å². The van der Waals surface area contributed by atoms with E-state index in [0.717, 1.165) is 0 Å². The Labute approximate surface area is 117 Å². The van der Waals surface area contributed by atoms with Gasteiger partial charge in [-0.25, -0.2) is 14.6 Å². The molecule has 0 aliphatic rings. The Morgan fingerprint density at radius 2 is 2.05 bits per heavy atom. The van der Waals surface area contributed by atoms with Crippen molar-refractivity contribution in [3.05, 3.63) is 35.5 Å². The first-order valence-corrected chi connectivity index (χ1v) is 5.99. The quantitative estimate of drug-likeness (QED) is 0.434. The van der Waals surface area contributed by atoms with Crippen LogP contribution in [0, 0.1) is 18.6 Å². The molecule has 0 aliphatic carbocycles. The van der Waals surface area contributed by atoms with Crippen molar-refractivity contribution in [2.75, 3.05) is 10.7 Å². The minimum atomic E-state index is -0.726. The monoisotopic (exact) mass is 291 g/mol. The molecule has 3 aromatic rings. The molecule has 0 aliphatic heterocycles. The predicted octanol–water partition coefficient (Wildman–Crippen LogP) is 1.97. The van der Waals surface area contributed by atoms with Crippen molar-refractivity contribution >= 4 is 28.5 Å². The summed E-state index contributed by atoms with van der Waals surface area (Å²) < 4.78 is 27.9. The maximum Gasteiger partial charge on any atom is 0.241 e. The molecule has 9 heteroatoms. The summed E-state index contributed by atoms with van der Waals surface area (Å²) >= 11 is 0. The molecule has 2 aromatic heterocycles. The van der Waals surface area contributed by atoms with Crippen LogP contribution in [0.1, 0.15) is 5.56 Å². The third kappa shape index (κ3) is 2.23. The van der Waals surface area contributed by atoms with Gasteiger partial charge in [-0.05, 0) is 18.6 Å². The molecule has 2 heterocycles. The third-order valence-corrected chi connectivity index (χ3v) is 2.97. The Bertz CT molecular complexity index is 815. The van der Waals surface area contributed by atoms with Crippen molar-refractivity contribution in [1.82, 2.24) is 20.2 Å². The molecular formula is C12H11F2N7. The number of nitrogens with two attached hydrogens (primary N) is 1. The Hall–Kier alpha value is -2.81. The summed E-state index contributed by atoms with van der Waals surface area (Å²) in [5, 5.41) is 9.56. The maximum absolute atomic E-state index is 14.0. The number of aromatic nitrogens is 4. The second kappa shape index (κ2) is 4.94. The summed E-state index contributed by atoms with van der Waals surface area (Å²) in [6.45, 7) is 1.54. The summed E-state index contributed by atoms with van der Waals surface area (Å²) in [7, 11) is 0. The number of nitrogens with zero attached hydrogens (tertiary/aromatic N) is 3. The lowest BCUT2D eigenvalue weighted by Crippen LogP contribution is -2.12. The van der Waals surface area contributed by atoms with Crippen molar-refractivity contribution in [1.29, 1.82) is 0 Å². The highest BCUT2D eigenvalue weighted by molar-refractivity contribution is 5.89. The normalized spacial score (nSPS) is 10.9. The van der Waals surface area contributed by atoms with E-state index in [1.54, 1.807) is 6.92 Å². The molecule has 1 aromatic carbocycles. The molecule has 0 radical (unpaired) electrons. The van der Waals surface area contributed by atoms with Crippen molar-refractivity contribution in [2.24, 2.45) is 5.84 Å². The molecule has 0 saturated heterocycles. The maximum atomic E-state index is 14.0. The molecular weight excluding hydrogens is 280 g/mol. The van der Waals surface area contributed by atoms with Gasteiger partial charge in [0.25, 0.3) is 0 Å². The van der Waals surface area contributed by atoms with E-state index in [4.69, 9.17) is 5.84 Å². The van der Waals surface area contributed by atoms with Crippen LogP contribution in [0.5, 0.6) is 0 Å². The van der Waals surface area contributed by atoms with Crippen LogP contribution in [0.4, 0.5) is 26.2 Å². The first-order valence-electron chi connectivity index (χ1n) is 5.99. The van der Waals surface area contributed by atoms with Crippen molar-refractivity contribution in [2.45, 2.75) is 6.92 Å². The van der Waals surface area contributed by atoms with Gasteiger partial charge >= 0.3 is 0 Å². The number of hydrazine groups is 1. The second-order valence-corrected chi connectivity index (χ2v) is 4.35. The number of nitrogens with one attached hydrogen (secondary N) is 3. The zero-order chi connectivity index (χ0) is 15.0. The van der Waals surface area contributed by atoms with Crippen LogP contribution < -0.4 is 16.6 Å². The van der Waals surface area contributed by atoms with Gasteiger partial charge in [0, 0.05) is 0 Å². The van der Waals surface area contributed by atoms with Crippen LogP contribution in [0.2, 0.25) is 0 Å². The zero-order valence-corrected chi connectivity index (χ0v) is 10.9. The molecule has 0 fully saturated rings. The molecule has 0 spiro atoms. The fourth-order valence-electron chi connectivity index (χ4n) is 1.88. The molecule has 108 valence electrons. The largest absolute Gasteiger partial charge is 0.335 e. The van der Waals surface area contributed by atoms with Crippen molar-refractivity contribution in [3.63, 3.8) is 0 Å². The van der Waals surface area contributed by atoms with Gasteiger partial charge in [0.15, 0.2) is 11.5 Å². The van der Waals surface area contributed by atoms with Gasteiger partial charge in [-0.2, -0.15) is 15.1 Å². The molecule has 3 rings (SSSR count). The Balaban J connectivity index is 2.14. The minimum absolute atomic E-state index is 0.0859. The van der Waals surface area contributed by atoms with Crippen molar-refractivity contribution in [3.8, 4) is 0 Å². The summed E-state index contributed by atoms with van der Waals surface area (Å²) in [6, 6.07) is 2.53. The topological polar surface area (TPSA) is 105 Å². The number of hydrogen-bond donors (Lipinski definition) is 4. The van der Waals surface area contributed by atoms with Crippen LogP contribution in [0.3, 0.4) is 0 Å². The molecule has 0 atom stereocenters. The summed E-state index contributed by atoms with van der Waals surface area (Å²) in [4.78, 5) is 8.07. The van der Waals surface area contributed by atoms with Gasteiger partial charge < -0.3 is 5.32 Å². The van der Waals surface area contributed by atoms with E-state index in [9.17, 15) is 8.78 Å². The third-order valence-electron chi connectivity index (χ3n) is 2.97. The smallest absolute Gasteiger partial charge is 0.241 e. The highest BCUT2D eigenvalue weighted by Gasteiger charge is 2.15. The molecule has 0 bridgehead atoms. The molecule has 0 unspecified atom stereocenters. The number of aryl methyl sites for hydroxylation is 1. The number of fused-ring (bicyclic) bond motifs is 1. The highest BCUT2D eigenvalue weighted by atomic mass is 19.1. The molecule has 0 saturated carbocycles. The molecule has 0 amide bonds. The van der Waals surface area contributed by atoms with Gasteiger partial charge in [0.05, 0.1) is 11.6 Å². The summed E-state index contributed by atoms with van der Waals surface area (Å²) in [5.74, 6) is 4.13. The SMILES string of the molecule is Cc1ccc(F)c(Nc2nc(NN)nc3[nH]ncc23)c1F. The minimum Gasteiger partial charge on any atom is -0.335 e. The number of aromatic amines is 1. The highest BCUT2D eigenvalue weighted by Crippen LogP contribution is 2.28. The average molecular weight is 291 g/mol. The first kappa shape index (κ1) is 13.2. The lowest BCUT2D eigenvalue weighted by molar-refractivity contribution is 0.585. The summed E-state index contributed by atoms with van der Waals surface area (Å²) in [6.07, 6.45) is 1.45. The van der Waals surface area contributed by atoms with E-state index < -0.39 is 11.6 Å². The standard InChI is InChI=1S/C12H11F2N7/c1-5-2-3-7(13)9(8(5)14)17-10-6-4-16-21-11(6)19-12(18-10)20-15/h2-4H,15H2,1H3,(H3,16,17,18,19,20,21). The number of halogens is 2. The number of H-pyrrole nitrogens is 1. The van der Waals surface area contributed by atoms with Gasteiger partial charge in [-0.3, -0.25) is 10.5 Å². The van der Waals surface area contributed by atoms with Gasteiger partial charge in [0.1, 0.15) is 17.3 Å². The van der Waals surface area contributed by atoms with Crippen LogP contribution in [-0.4, -0.2) is 20.2 Å². The van der Waals surface area contributed by atoms with E-state index in [1.165, 1.54) is 18.3 Å². The Kier molecular flexibility index (Phi) is 3.10. The fraction of sp³-hybridized carbons (Fsp3) is 0.0833. The van der Waals surface area contributed by atoms with Crippen molar-refractivity contribution < 1.29 is 8.78 Å². The van der Waals surface area contributed by atoms with E-state index >= 15 is 0 Å². The van der Waals surface area contributed by atoms with Crippen LogP contribution in [0.25, 0.3) is 11.0 Å². The first-order chi connectivity index (χ1) is 10.1. The van der Waals surface area contributed by atoms with E-state index in [2.05, 4.69) is 30.9 Å². The molecule has 7 nitrogen and oxygen atoms in total. The second-order valence-electron chi connectivity index (χ2n) is 4.35.